The zero-order valence-corrected chi connectivity index (χ0v) is 9.86. The van der Waals surface area contributed by atoms with Gasteiger partial charge in [-0.25, -0.2) is 4.79 Å². The summed E-state index contributed by atoms with van der Waals surface area (Å²) in [7, 11) is 0. The fourth-order valence-electron chi connectivity index (χ4n) is 2.46. The maximum atomic E-state index is 10.6. The Morgan fingerprint density at radius 2 is 2.00 bits per heavy atom. The molecule has 0 amide bonds. The number of nitrogens with zero attached hydrogens (tertiary/aromatic N) is 1. The van der Waals surface area contributed by atoms with Crippen LogP contribution in [-0.2, 0) is 10.3 Å². The number of carbonyl (C=O) groups excluding carboxylic acids is 1. The lowest BCUT2D eigenvalue weighted by Crippen LogP contribution is -2.33. The van der Waals surface area contributed by atoms with Crippen LogP contribution in [0.3, 0.4) is 0 Å². The zero-order valence-electron chi connectivity index (χ0n) is 9.86. The molecule has 0 aliphatic heterocycles. The van der Waals surface area contributed by atoms with Crippen LogP contribution < -0.4 is 0 Å². The average Bonchev–Trinajstić information content (AvgIpc) is 2.23. The summed E-state index contributed by atoms with van der Waals surface area (Å²) in [6, 6.07) is 8.33. The number of isocyanates is 1. The standard InChI is InChI=1S/C14H17NO/c1-11(2)12-6-3-4-7-13(12)14(15-10-16)8-5-9-14/h3-4,6-7,11H,5,8-9H2,1-2H3. The normalized spacial score (nSPS) is 17.7. The van der Waals surface area contributed by atoms with Gasteiger partial charge in [0, 0.05) is 0 Å². The minimum atomic E-state index is -0.261. The number of rotatable bonds is 3. The molecule has 0 radical (unpaired) electrons. The molecule has 1 saturated carbocycles. The van der Waals surface area contributed by atoms with Crippen LogP contribution in [0.1, 0.15) is 50.2 Å². The highest BCUT2D eigenvalue weighted by Crippen LogP contribution is 2.46. The van der Waals surface area contributed by atoms with E-state index in [4.69, 9.17) is 0 Å². The Hall–Kier alpha value is -1.40. The second kappa shape index (κ2) is 4.23. The van der Waals surface area contributed by atoms with Crippen molar-refractivity contribution in [2.45, 2.75) is 44.6 Å². The quantitative estimate of drug-likeness (QED) is 0.560. The van der Waals surface area contributed by atoms with Gasteiger partial charge >= 0.3 is 0 Å². The van der Waals surface area contributed by atoms with Crippen LogP contribution >= 0.6 is 0 Å². The highest BCUT2D eigenvalue weighted by molar-refractivity contribution is 5.43. The molecule has 1 aromatic carbocycles. The van der Waals surface area contributed by atoms with Gasteiger partial charge < -0.3 is 0 Å². The van der Waals surface area contributed by atoms with Crippen molar-refractivity contribution >= 4 is 6.08 Å². The van der Waals surface area contributed by atoms with E-state index in [1.165, 1.54) is 11.1 Å². The molecule has 1 aliphatic rings. The minimum Gasteiger partial charge on any atom is -0.211 e. The van der Waals surface area contributed by atoms with Gasteiger partial charge in [0.15, 0.2) is 0 Å². The molecule has 1 fully saturated rings. The minimum absolute atomic E-state index is 0.261. The molecule has 0 N–H and O–H groups in total. The van der Waals surface area contributed by atoms with Crippen molar-refractivity contribution in [3.8, 4) is 0 Å². The van der Waals surface area contributed by atoms with Crippen molar-refractivity contribution in [1.82, 2.24) is 0 Å². The number of hydrogen-bond donors (Lipinski definition) is 0. The smallest absolute Gasteiger partial charge is 0.211 e. The predicted octanol–water partition coefficient (Wildman–Crippen LogP) is 3.53. The van der Waals surface area contributed by atoms with Gasteiger partial charge in [0.1, 0.15) is 0 Å². The fourth-order valence-corrected chi connectivity index (χ4v) is 2.46. The first-order chi connectivity index (χ1) is 7.69. The van der Waals surface area contributed by atoms with Crippen molar-refractivity contribution in [2.75, 3.05) is 0 Å². The summed E-state index contributed by atoms with van der Waals surface area (Å²) in [6.07, 6.45) is 4.86. The van der Waals surface area contributed by atoms with E-state index in [0.717, 1.165) is 19.3 Å². The van der Waals surface area contributed by atoms with Gasteiger partial charge in [-0.1, -0.05) is 38.1 Å². The van der Waals surface area contributed by atoms with Crippen molar-refractivity contribution in [3.05, 3.63) is 35.4 Å². The Balaban J connectivity index is 2.50. The third-order valence-corrected chi connectivity index (χ3v) is 3.52. The van der Waals surface area contributed by atoms with Crippen molar-refractivity contribution < 1.29 is 4.79 Å². The summed E-state index contributed by atoms with van der Waals surface area (Å²) in [5.74, 6) is 0.468. The molecule has 0 spiro atoms. The molecule has 2 heteroatoms. The molecule has 2 rings (SSSR count). The molecule has 2 nitrogen and oxygen atoms in total. The van der Waals surface area contributed by atoms with Crippen LogP contribution in [0.25, 0.3) is 0 Å². The Morgan fingerprint density at radius 3 is 2.50 bits per heavy atom. The van der Waals surface area contributed by atoms with Gasteiger partial charge in [0.2, 0.25) is 6.08 Å². The molecule has 0 heterocycles. The summed E-state index contributed by atoms with van der Waals surface area (Å²) in [5.41, 5.74) is 2.27. The molecule has 0 aromatic heterocycles. The summed E-state index contributed by atoms with van der Waals surface area (Å²) in [4.78, 5) is 14.6. The van der Waals surface area contributed by atoms with E-state index in [0.29, 0.717) is 5.92 Å². The Morgan fingerprint density at radius 1 is 1.31 bits per heavy atom. The first-order valence-corrected chi connectivity index (χ1v) is 5.88. The largest absolute Gasteiger partial charge is 0.235 e. The van der Waals surface area contributed by atoms with Crippen LogP contribution in [0.4, 0.5) is 0 Å². The van der Waals surface area contributed by atoms with E-state index in [2.05, 4.69) is 37.0 Å². The zero-order chi connectivity index (χ0) is 11.6. The van der Waals surface area contributed by atoms with E-state index >= 15 is 0 Å². The van der Waals surface area contributed by atoms with E-state index in [1.54, 1.807) is 6.08 Å². The number of aliphatic imine (C=N–C) groups is 1. The fraction of sp³-hybridized carbons (Fsp3) is 0.500. The van der Waals surface area contributed by atoms with Gasteiger partial charge in [0.05, 0.1) is 5.54 Å². The van der Waals surface area contributed by atoms with E-state index < -0.39 is 0 Å². The van der Waals surface area contributed by atoms with Gasteiger partial charge in [0.25, 0.3) is 0 Å². The Kier molecular flexibility index (Phi) is 2.93. The molecule has 1 aliphatic carbocycles. The van der Waals surface area contributed by atoms with Gasteiger partial charge in [-0.2, -0.15) is 4.99 Å². The van der Waals surface area contributed by atoms with Gasteiger partial charge in [-0.05, 0) is 36.3 Å². The SMILES string of the molecule is CC(C)c1ccccc1C1(N=C=O)CCC1. The molecule has 0 saturated heterocycles. The molecule has 1 aromatic rings. The summed E-state index contributed by atoms with van der Waals surface area (Å²) in [5, 5.41) is 0. The Labute approximate surface area is 96.4 Å². The van der Waals surface area contributed by atoms with Gasteiger partial charge in [-0.15, -0.1) is 0 Å². The third-order valence-electron chi connectivity index (χ3n) is 3.52. The predicted molar refractivity (Wildman–Crippen MR) is 64.2 cm³/mol. The molecule has 0 unspecified atom stereocenters. The highest BCUT2D eigenvalue weighted by Gasteiger charge is 2.40. The molecule has 16 heavy (non-hydrogen) atoms. The summed E-state index contributed by atoms with van der Waals surface area (Å²) >= 11 is 0. The Bertz CT molecular complexity index is 426. The van der Waals surface area contributed by atoms with Crippen LogP contribution in [0.15, 0.2) is 29.3 Å². The molecule has 84 valence electrons. The van der Waals surface area contributed by atoms with Crippen LogP contribution in [0.2, 0.25) is 0 Å². The molecular weight excluding hydrogens is 198 g/mol. The number of hydrogen-bond acceptors (Lipinski definition) is 2. The monoisotopic (exact) mass is 215 g/mol. The summed E-state index contributed by atoms with van der Waals surface area (Å²) in [6.45, 7) is 4.35. The summed E-state index contributed by atoms with van der Waals surface area (Å²) < 4.78 is 0. The first kappa shape index (κ1) is 11.1. The van der Waals surface area contributed by atoms with E-state index in [-0.39, 0.29) is 5.54 Å². The van der Waals surface area contributed by atoms with Crippen LogP contribution in [0.5, 0.6) is 0 Å². The van der Waals surface area contributed by atoms with Crippen molar-refractivity contribution in [3.63, 3.8) is 0 Å². The lowest BCUT2D eigenvalue weighted by molar-refractivity contribution is 0.253. The van der Waals surface area contributed by atoms with E-state index in [9.17, 15) is 4.79 Å². The molecule has 0 atom stereocenters. The molecular formula is C14H17NO. The van der Waals surface area contributed by atoms with Crippen molar-refractivity contribution in [1.29, 1.82) is 0 Å². The van der Waals surface area contributed by atoms with Crippen LogP contribution in [0, 0.1) is 0 Å². The van der Waals surface area contributed by atoms with Crippen LogP contribution in [-0.4, -0.2) is 6.08 Å². The first-order valence-electron chi connectivity index (χ1n) is 5.88. The second-order valence-electron chi connectivity index (χ2n) is 4.83. The molecule has 0 bridgehead atoms. The maximum Gasteiger partial charge on any atom is 0.235 e. The lowest BCUT2D eigenvalue weighted by Gasteiger charge is -2.39. The van der Waals surface area contributed by atoms with E-state index in [1.807, 2.05) is 6.07 Å². The maximum absolute atomic E-state index is 10.6. The van der Waals surface area contributed by atoms with Crippen molar-refractivity contribution in [2.24, 2.45) is 4.99 Å². The van der Waals surface area contributed by atoms with Gasteiger partial charge in [-0.3, -0.25) is 0 Å². The topological polar surface area (TPSA) is 29.4 Å². The third kappa shape index (κ3) is 1.70. The average molecular weight is 215 g/mol. The second-order valence-corrected chi connectivity index (χ2v) is 4.83. The number of benzene rings is 1. The highest BCUT2D eigenvalue weighted by atomic mass is 16.1. The lowest BCUT2D eigenvalue weighted by atomic mass is 9.70.